The predicted molar refractivity (Wildman–Crippen MR) is 111 cm³/mol. The monoisotopic (exact) mass is 515 g/mol. The Morgan fingerprint density at radius 2 is 1.89 bits per heavy atom. The molecule has 0 amide bonds. The maximum absolute atomic E-state index is 13.3. The number of nitrogens with one attached hydrogen (secondary N) is 1. The zero-order valence-corrected chi connectivity index (χ0v) is 17.4. The van der Waals surface area contributed by atoms with Gasteiger partial charge in [0.05, 0.1) is 12.2 Å². The molecule has 2 rings (SSSR count). The predicted octanol–water partition coefficient (Wildman–Crippen LogP) is 5.13. The van der Waals surface area contributed by atoms with Gasteiger partial charge in [-0.3, -0.25) is 0 Å². The average molecular weight is 515 g/mol. The molecule has 0 aliphatic rings. The highest BCUT2D eigenvalue weighted by molar-refractivity contribution is 14.0. The number of ether oxygens (including phenoxy) is 1. The molecule has 0 aliphatic carbocycles. The van der Waals surface area contributed by atoms with Gasteiger partial charge < -0.3 is 15.8 Å². The molecule has 0 saturated heterocycles. The van der Waals surface area contributed by atoms with E-state index in [2.05, 4.69) is 15.0 Å². The van der Waals surface area contributed by atoms with Gasteiger partial charge in [0.15, 0.2) is 11.7 Å². The third-order valence-electron chi connectivity index (χ3n) is 3.26. The van der Waals surface area contributed by atoms with Gasteiger partial charge in [0.2, 0.25) is 0 Å². The number of nitrogens with two attached hydrogens (primary N) is 1. The van der Waals surface area contributed by atoms with E-state index in [1.165, 1.54) is 48.2 Å². The molecule has 3 N–H and O–H groups in total. The number of hydrogen-bond acceptors (Lipinski definition) is 3. The molecule has 0 aliphatic heterocycles. The van der Waals surface area contributed by atoms with Crippen LogP contribution in [0.1, 0.15) is 11.1 Å². The number of alkyl halides is 3. The van der Waals surface area contributed by atoms with Crippen LogP contribution in [0.4, 0.5) is 23.2 Å². The number of thioether (sulfide) groups is 1. The van der Waals surface area contributed by atoms with E-state index in [1.54, 1.807) is 6.07 Å². The number of anilines is 1. The molecule has 4 nitrogen and oxygen atoms in total. The quantitative estimate of drug-likeness (QED) is 0.243. The Kier molecular flexibility index (Phi) is 9.16. The molecular weight excluding hydrogens is 497 g/mol. The lowest BCUT2D eigenvalue weighted by Crippen LogP contribution is -2.24. The van der Waals surface area contributed by atoms with E-state index in [0.717, 1.165) is 11.1 Å². The Morgan fingerprint density at radius 3 is 2.56 bits per heavy atom. The van der Waals surface area contributed by atoms with Crippen LogP contribution in [0.15, 0.2) is 47.5 Å². The topological polar surface area (TPSA) is 59.6 Å². The van der Waals surface area contributed by atoms with Crippen LogP contribution in [0.3, 0.4) is 0 Å². The van der Waals surface area contributed by atoms with Crippen molar-refractivity contribution in [3.05, 3.63) is 59.4 Å². The van der Waals surface area contributed by atoms with E-state index in [-0.39, 0.29) is 48.0 Å². The number of guanidine groups is 1. The first-order valence-electron chi connectivity index (χ1n) is 7.46. The zero-order valence-electron chi connectivity index (χ0n) is 14.2. The number of halogens is 5. The van der Waals surface area contributed by atoms with E-state index in [0.29, 0.717) is 5.75 Å². The van der Waals surface area contributed by atoms with Crippen LogP contribution >= 0.6 is 35.7 Å². The summed E-state index contributed by atoms with van der Waals surface area (Å²) < 4.78 is 54.6. The Balaban J connectivity index is 0.00000364. The van der Waals surface area contributed by atoms with Gasteiger partial charge in [-0.2, -0.15) is 11.8 Å². The van der Waals surface area contributed by atoms with Crippen molar-refractivity contribution in [3.8, 4) is 5.75 Å². The van der Waals surface area contributed by atoms with Gasteiger partial charge in [-0.15, -0.1) is 37.1 Å². The van der Waals surface area contributed by atoms with Crippen molar-refractivity contribution in [2.24, 2.45) is 10.7 Å². The van der Waals surface area contributed by atoms with E-state index < -0.39 is 12.1 Å². The number of rotatable bonds is 6. The van der Waals surface area contributed by atoms with Crippen LogP contribution in [-0.2, 0) is 12.3 Å². The molecule has 10 heteroatoms. The Morgan fingerprint density at radius 1 is 1.19 bits per heavy atom. The molecule has 0 aromatic heterocycles. The summed E-state index contributed by atoms with van der Waals surface area (Å²) in [7, 11) is 0. The first-order valence-corrected chi connectivity index (χ1v) is 8.86. The van der Waals surface area contributed by atoms with Crippen molar-refractivity contribution in [1.82, 2.24) is 0 Å². The molecular formula is C17H18F4IN3OS. The highest BCUT2D eigenvalue weighted by atomic mass is 127. The minimum atomic E-state index is -4.81. The third kappa shape index (κ3) is 7.83. The minimum Gasteiger partial charge on any atom is -0.404 e. The molecule has 0 heterocycles. The molecule has 0 spiro atoms. The highest BCUT2D eigenvalue weighted by Crippen LogP contribution is 2.29. The lowest BCUT2D eigenvalue weighted by Gasteiger charge is -2.14. The van der Waals surface area contributed by atoms with Crippen molar-refractivity contribution in [1.29, 1.82) is 0 Å². The zero-order chi connectivity index (χ0) is 19.2. The maximum atomic E-state index is 13.3. The lowest BCUT2D eigenvalue weighted by atomic mass is 10.1. The van der Waals surface area contributed by atoms with Gasteiger partial charge >= 0.3 is 6.36 Å². The second-order valence-electron chi connectivity index (χ2n) is 5.22. The molecule has 0 unspecified atom stereocenters. The smallest absolute Gasteiger partial charge is 0.404 e. The van der Waals surface area contributed by atoms with Crippen molar-refractivity contribution in [2.45, 2.75) is 18.7 Å². The molecule has 0 bridgehead atoms. The first-order chi connectivity index (χ1) is 12.3. The van der Waals surface area contributed by atoms with Crippen LogP contribution in [0.2, 0.25) is 0 Å². The first kappa shape index (κ1) is 23.3. The fourth-order valence-corrected chi connectivity index (χ4v) is 2.75. The summed E-state index contributed by atoms with van der Waals surface area (Å²) in [5, 5.41) is 2.59. The molecule has 27 heavy (non-hydrogen) atoms. The normalized spacial score (nSPS) is 11.7. The summed E-state index contributed by atoms with van der Waals surface area (Å²) >= 11 is 1.54. The van der Waals surface area contributed by atoms with Gasteiger partial charge in [-0.05, 0) is 41.6 Å². The number of nitrogens with zero attached hydrogens (tertiary/aromatic N) is 1. The fourth-order valence-electron chi connectivity index (χ4n) is 2.17. The van der Waals surface area contributed by atoms with Crippen molar-refractivity contribution < 1.29 is 22.3 Å². The van der Waals surface area contributed by atoms with E-state index >= 15 is 0 Å². The van der Waals surface area contributed by atoms with Crippen LogP contribution in [0.25, 0.3) is 0 Å². The Bertz CT molecular complexity index is 787. The van der Waals surface area contributed by atoms with Gasteiger partial charge in [-0.1, -0.05) is 18.2 Å². The maximum Gasteiger partial charge on any atom is 0.573 e. The van der Waals surface area contributed by atoms with Crippen LogP contribution in [-0.4, -0.2) is 18.6 Å². The van der Waals surface area contributed by atoms with E-state index in [1.807, 2.05) is 6.26 Å². The van der Waals surface area contributed by atoms with Crippen molar-refractivity contribution in [3.63, 3.8) is 0 Å². The van der Waals surface area contributed by atoms with E-state index in [4.69, 9.17) is 5.73 Å². The molecule has 0 atom stereocenters. The molecule has 0 fully saturated rings. The standard InChI is InChI=1S/C17H17F4N3OS.HI/c1-26-10-12-8-13(18)7-6-11(12)9-23-16(22)24-14-4-2-3-5-15(14)25-17(19,20)21;/h2-8H,9-10H2,1H3,(H3,22,23,24);1H. The number of para-hydroxylation sites is 2. The second kappa shape index (κ2) is 10.6. The van der Waals surface area contributed by atoms with Gasteiger partial charge in [-0.25, -0.2) is 9.38 Å². The van der Waals surface area contributed by atoms with Gasteiger partial charge in [0, 0.05) is 5.75 Å². The van der Waals surface area contributed by atoms with Gasteiger partial charge in [0.1, 0.15) is 5.82 Å². The number of aliphatic imine (C=N–C) groups is 1. The summed E-state index contributed by atoms with van der Waals surface area (Å²) in [5.41, 5.74) is 7.37. The third-order valence-corrected chi connectivity index (χ3v) is 3.86. The molecule has 2 aromatic rings. The largest absolute Gasteiger partial charge is 0.573 e. The molecule has 2 aromatic carbocycles. The minimum absolute atomic E-state index is 0. The summed E-state index contributed by atoms with van der Waals surface area (Å²) in [6.45, 7) is 0.164. The molecule has 148 valence electrons. The lowest BCUT2D eigenvalue weighted by molar-refractivity contribution is -0.274. The summed E-state index contributed by atoms with van der Waals surface area (Å²) in [5.74, 6) is -0.227. The number of hydrogen-bond donors (Lipinski definition) is 2. The Hall–Kier alpha value is -1.69. The SMILES string of the molecule is CSCc1cc(F)ccc1CN=C(N)Nc1ccccc1OC(F)(F)F.I. The van der Waals surface area contributed by atoms with Gasteiger partial charge in [0.25, 0.3) is 0 Å². The van der Waals surface area contributed by atoms with Crippen molar-refractivity contribution >= 4 is 47.4 Å². The Labute approximate surface area is 175 Å². The molecule has 0 saturated carbocycles. The van der Waals surface area contributed by atoms with Crippen molar-refractivity contribution in [2.75, 3.05) is 11.6 Å². The molecule has 0 radical (unpaired) electrons. The number of benzene rings is 2. The average Bonchev–Trinajstić information content (AvgIpc) is 2.55. The van der Waals surface area contributed by atoms with Crippen LogP contribution < -0.4 is 15.8 Å². The highest BCUT2D eigenvalue weighted by Gasteiger charge is 2.32. The van der Waals surface area contributed by atoms with E-state index in [9.17, 15) is 17.6 Å². The summed E-state index contributed by atoms with van der Waals surface area (Å²) in [6.07, 6.45) is -2.92. The summed E-state index contributed by atoms with van der Waals surface area (Å²) in [6, 6.07) is 9.86. The van der Waals surface area contributed by atoms with Crippen LogP contribution in [0, 0.1) is 5.82 Å². The second-order valence-corrected chi connectivity index (χ2v) is 6.08. The van der Waals surface area contributed by atoms with Crippen LogP contribution in [0.5, 0.6) is 5.75 Å². The fraction of sp³-hybridized carbons (Fsp3) is 0.235. The summed E-state index contributed by atoms with van der Waals surface area (Å²) in [4.78, 5) is 4.11.